The second-order valence-electron chi connectivity index (χ2n) is 5.58. The van der Waals surface area contributed by atoms with Gasteiger partial charge in [-0.15, -0.1) is 0 Å². The van der Waals surface area contributed by atoms with Gasteiger partial charge < -0.3 is 0 Å². The van der Waals surface area contributed by atoms with Gasteiger partial charge >= 0.3 is 0 Å². The van der Waals surface area contributed by atoms with Crippen molar-refractivity contribution in [2.24, 2.45) is 7.05 Å². The maximum atomic E-state index is 13.1. The number of rotatable bonds is 3. The van der Waals surface area contributed by atoms with Crippen molar-refractivity contribution in [2.75, 3.05) is 0 Å². The highest BCUT2D eigenvalue weighted by Gasteiger charge is 2.23. The monoisotopic (exact) mass is 416 g/mol. The van der Waals surface area contributed by atoms with Crippen LogP contribution >= 0.6 is 15.9 Å². The van der Waals surface area contributed by atoms with E-state index in [-0.39, 0.29) is 4.90 Å². The summed E-state index contributed by atoms with van der Waals surface area (Å²) in [5.74, 6) is 0. The molecular formula is C17H13BrN4O2S. The molecule has 4 aromatic rings. The largest absolute Gasteiger partial charge is 0.275 e. The maximum absolute atomic E-state index is 13.1. The predicted molar refractivity (Wildman–Crippen MR) is 98.7 cm³/mol. The van der Waals surface area contributed by atoms with Gasteiger partial charge in [0.2, 0.25) is 0 Å². The Bertz CT molecular complexity index is 1180. The van der Waals surface area contributed by atoms with Crippen LogP contribution in [0.4, 0.5) is 0 Å². The van der Waals surface area contributed by atoms with Crippen LogP contribution in [0.2, 0.25) is 0 Å². The highest BCUT2D eigenvalue weighted by Crippen LogP contribution is 2.33. The van der Waals surface area contributed by atoms with Crippen LogP contribution in [0, 0.1) is 0 Å². The summed E-state index contributed by atoms with van der Waals surface area (Å²) in [6.45, 7) is 0. The molecule has 3 heterocycles. The van der Waals surface area contributed by atoms with Gasteiger partial charge in [0.1, 0.15) is 0 Å². The molecule has 1 aromatic carbocycles. The summed E-state index contributed by atoms with van der Waals surface area (Å²) in [4.78, 5) is 4.55. The fraction of sp³-hybridized carbons (Fsp3) is 0.0588. The Balaban J connectivity index is 2.03. The molecule has 3 aromatic heterocycles. The van der Waals surface area contributed by atoms with Crippen LogP contribution in [-0.2, 0) is 17.1 Å². The molecule has 126 valence electrons. The zero-order chi connectivity index (χ0) is 17.6. The van der Waals surface area contributed by atoms with Crippen LogP contribution in [0.15, 0.2) is 70.6 Å². The lowest BCUT2D eigenvalue weighted by Crippen LogP contribution is -2.12. The average molecular weight is 417 g/mol. The topological polar surface area (TPSA) is 69.8 Å². The Morgan fingerprint density at radius 2 is 1.84 bits per heavy atom. The predicted octanol–water partition coefficient (Wildman–Crippen LogP) is 3.44. The third kappa shape index (κ3) is 2.67. The van der Waals surface area contributed by atoms with Crippen molar-refractivity contribution in [3.8, 4) is 11.1 Å². The van der Waals surface area contributed by atoms with Crippen molar-refractivity contribution in [1.29, 1.82) is 0 Å². The molecule has 0 spiro atoms. The smallest absolute Gasteiger partial charge is 0.269 e. The van der Waals surface area contributed by atoms with Crippen molar-refractivity contribution >= 4 is 37.0 Å². The van der Waals surface area contributed by atoms with E-state index in [0.717, 1.165) is 21.0 Å². The summed E-state index contributed by atoms with van der Waals surface area (Å²) in [6.07, 6.45) is 6.74. The standard InChI is InChI=1S/C17H13BrN4O2S/c1-21-10-12(8-20-21)16-11-22(17-15(16)7-13(18)9-19-17)25(23,24)14-5-3-2-4-6-14/h2-11H,1H3. The normalized spacial score (nSPS) is 11.9. The van der Waals surface area contributed by atoms with Crippen molar-refractivity contribution < 1.29 is 8.42 Å². The summed E-state index contributed by atoms with van der Waals surface area (Å²) in [6, 6.07) is 10.2. The minimum absolute atomic E-state index is 0.217. The third-order valence-electron chi connectivity index (χ3n) is 3.89. The fourth-order valence-corrected chi connectivity index (χ4v) is 4.41. The number of hydrogen-bond donors (Lipinski definition) is 0. The van der Waals surface area contributed by atoms with E-state index in [4.69, 9.17) is 0 Å². The molecule has 0 aliphatic rings. The van der Waals surface area contributed by atoms with Crippen LogP contribution in [0.25, 0.3) is 22.2 Å². The molecule has 4 rings (SSSR count). The van der Waals surface area contributed by atoms with Crippen molar-refractivity contribution in [2.45, 2.75) is 4.90 Å². The van der Waals surface area contributed by atoms with Gasteiger partial charge in [-0.05, 0) is 34.1 Å². The number of halogens is 1. The number of nitrogens with zero attached hydrogens (tertiary/aromatic N) is 4. The van der Waals surface area contributed by atoms with E-state index in [1.54, 1.807) is 53.6 Å². The molecule has 0 saturated heterocycles. The van der Waals surface area contributed by atoms with E-state index in [1.165, 1.54) is 3.97 Å². The lowest BCUT2D eigenvalue weighted by atomic mass is 10.1. The van der Waals surface area contributed by atoms with Gasteiger partial charge in [0.05, 0.1) is 11.1 Å². The molecule has 0 atom stereocenters. The number of pyridine rings is 1. The third-order valence-corrected chi connectivity index (χ3v) is 5.99. The first-order valence-electron chi connectivity index (χ1n) is 7.43. The van der Waals surface area contributed by atoms with E-state index < -0.39 is 10.0 Å². The minimum atomic E-state index is -3.75. The van der Waals surface area contributed by atoms with E-state index in [2.05, 4.69) is 26.0 Å². The van der Waals surface area contributed by atoms with Crippen LogP contribution in [0.5, 0.6) is 0 Å². The summed E-state index contributed by atoms with van der Waals surface area (Å²) in [5, 5.41) is 4.92. The first-order chi connectivity index (χ1) is 12.0. The van der Waals surface area contributed by atoms with Gasteiger partial charge in [0.15, 0.2) is 5.65 Å². The molecular weight excluding hydrogens is 404 g/mol. The average Bonchev–Trinajstić information content (AvgIpc) is 3.19. The van der Waals surface area contributed by atoms with E-state index in [0.29, 0.717) is 5.65 Å². The zero-order valence-corrected chi connectivity index (χ0v) is 15.6. The molecule has 25 heavy (non-hydrogen) atoms. The summed E-state index contributed by atoms with van der Waals surface area (Å²) >= 11 is 3.41. The minimum Gasteiger partial charge on any atom is -0.275 e. The first kappa shape index (κ1) is 16.0. The summed E-state index contributed by atoms with van der Waals surface area (Å²) in [7, 11) is -1.93. The van der Waals surface area contributed by atoms with E-state index in [9.17, 15) is 8.42 Å². The molecule has 0 radical (unpaired) electrons. The number of hydrogen-bond acceptors (Lipinski definition) is 4. The second-order valence-corrected chi connectivity index (χ2v) is 8.31. The number of aromatic nitrogens is 4. The van der Waals surface area contributed by atoms with E-state index >= 15 is 0 Å². The Kier molecular flexibility index (Phi) is 3.73. The van der Waals surface area contributed by atoms with Gasteiger partial charge in [-0.2, -0.15) is 5.10 Å². The van der Waals surface area contributed by atoms with Crippen LogP contribution in [0.3, 0.4) is 0 Å². The van der Waals surface area contributed by atoms with E-state index in [1.807, 2.05) is 19.3 Å². The Morgan fingerprint density at radius 3 is 2.52 bits per heavy atom. The first-order valence-corrected chi connectivity index (χ1v) is 9.66. The van der Waals surface area contributed by atoms with Crippen molar-refractivity contribution in [3.05, 3.63) is 65.7 Å². The molecule has 0 saturated carbocycles. The van der Waals surface area contributed by atoms with Crippen molar-refractivity contribution in [3.63, 3.8) is 0 Å². The number of aryl methyl sites for hydroxylation is 1. The van der Waals surface area contributed by atoms with Gasteiger partial charge in [0, 0.05) is 46.6 Å². The van der Waals surface area contributed by atoms with Crippen LogP contribution in [0.1, 0.15) is 0 Å². The number of fused-ring (bicyclic) bond motifs is 1. The molecule has 0 N–H and O–H groups in total. The highest BCUT2D eigenvalue weighted by molar-refractivity contribution is 9.10. The highest BCUT2D eigenvalue weighted by atomic mass is 79.9. The lowest BCUT2D eigenvalue weighted by Gasteiger charge is -2.06. The molecule has 0 bridgehead atoms. The summed E-state index contributed by atoms with van der Waals surface area (Å²) < 4.78 is 29.8. The molecule has 8 heteroatoms. The lowest BCUT2D eigenvalue weighted by molar-refractivity contribution is 0.589. The van der Waals surface area contributed by atoms with Crippen LogP contribution in [-0.4, -0.2) is 27.2 Å². The van der Waals surface area contributed by atoms with Gasteiger partial charge in [-0.3, -0.25) is 4.68 Å². The molecule has 6 nitrogen and oxygen atoms in total. The Hall–Kier alpha value is -2.45. The molecule has 0 aliphatic carbocycles. The SMILES string of the molecule is Cn1cc(-c2cn(S(=O)(=O)c3ccccc3)c3ncc(Br)cc23)cn1. The summed E-state index contributed by atoms with van der Waals surface area (Å²) in [5.41, 5.74) is 1.97. The molecule has 0 unspecified atom stereocenters. The van der Waals surface area contributed by atoms with Gasteiger partial charge in [0.25, 0.3) is 10.0 Å². The molecule has 0 amide bonds. The van der Waals surface area contributed by atoms with Gasteiger partial charge in [-0.1, -0.05) is 18.2 Å². The number of benzene rings is 1. The zero-order valence-electron chi connectivity index (χ0n) is 13.2. The maximum Gasteiger partial charge on any atom is 0.269 e. The molecule has 0 fully saturated rings. The fourth-order valence-electron chi connectivity index (χ4n) is 2.73. The quantitative estimate of drug-likeness (QED) is 0.512. The Morgan fingerprint density at radius 1 is 1.08 bits per heavy atom. The Labute approximate surface area is 152 Å². The second kappa shape index (κ2) is 5.82. The van der Waals surface area contributed by atoms with Crippen molar-refractivity contribution in [1.82, 2.24) is 18.7 Å². The van der Waals surface area contributed by atoms with Crippen LogP contribution < -0.4 is 0 Å². The molecule has 0 aliphatic heterocycles. The van der Waals surface area contributed by atoms with Gasteiger partial charge in [-0.25, -0.2) is 17.4 Å².